The summed E-state index contributed by atoms with van der Waals surface area (Å²) in [5.74, 6) is 1.41. The Morgan fingerprint density at radius 1 is 1.08 bits per heavy atom. The van der Waals surface area contributed by atoms with Gasteiger partial charge in [-0.05, 0) is 48.9 Å². The molecule has 124 valence electrons. The number of nitrogens with one attached hydrogen (secondary N) is 1. The monoisotopic (exact) mass is 326 g/mol. The zero-order valence-electron chi connectivity index (χ0n) is 13.5. The van der Waals surface area contributed by atoms with Gasteiger partial charge in [-0.1, -0.05) is 6.07 Å². The van der Waals surface area contributed by atoms with Gasteiger partial charge in [-0.25, -0.2) is 4.79 Å². The van der Waals surface area contributed by atoms with E-state index < -0.39 is 0 Å². The minimum atomic E-state index is -0.233. The maximum absolute atomic E-state index is 12.3. The highest BCUT2D eigenvalue weighted by Gasteiger charge is 2.15. The number of anilines is 1. The van der Waals surface area contributed by atoms with E-state index in [2.05, 4.69) is 5.32 Å². The fourth-order valence-corrected chi connectivity index (χ4v) is 2.39. The van der Waals surface area contributed by atoms with Crippen LogP contribution >= 0.6 is 0 Å². The van der Waals surface area contributed by atoms with Gasteiger partial charge in [0, 0.05) is 24.8 Å². The predicted molar refractivity (Wildman–Crippen MR) is 89.5 cm³/mol. The maximum Gasteiger partial charge on any atom is 0.321 e. The number of urea groups is 1. The topological polar surface area (TPSA) is 67.9 Å². The van der Waals surface area contributed by atoms with Crippen molar-refractivity contribution in [3.63, 3.8) is 0 Å². The van der Waals surface area contributed by atoms with Crippen LogP contribution in [0.25, 0.3) is 0 Å². The zero-order chi connectivity index (χ0) is 17.1. The number of carbonyl (C=O) groups excluding carboxylic acids is 2. The van der Waals surface area contributed by atoms with Crippen LogP contribution in [0.15, 0.2) is 42.5 Å². The van der Waals surface area contributed by atoms with Crippen LogP contribution in [-0.4, -0.2) is 30.6 Å². The van der Waals surface area contributed by atoms with E-state index in [9.17, 15) is 9.59 Å². The highest BCUT2D eigenvalue weighted by molar-refractivity contribution is 5.95. The Kier molecular flexibility index (Phi) is 4.37. The summed E-state index contributed by atoms with van der Waals surface area (Å²) < 4.78 is 10.6. The van der Waals surface area contributed by atoms with Gasteiger partial charge in [0.05, 0.1) is 0 Å². The van der Waals surface area contributed by atoms with Crippen LogP contribution < -0.4 is 14.8 Å². The van der Waals surface area contributed by atoms with E-state index >= 15 is 0 Å². The van der Waals surface area contributed by atoms with Gasteiger partial charge in [0.25, 0.3) is 0 Å². The third-order valence-corrected chi connectivity index (χ3v) is 3.75. The second kappa shape index (κ2) is 6.62. The van der Waals surface area contributed by atoms with Crippen molar-refractivity contribution >= 4 is 17.5 Å². The normalized spacial score (nSPS) is 11.9. The van der Waals surface area contributed by atoms with Crippen molar-refractivity contribution < 1.29 is 19.1 Å². The number of rotatable bonds is 4. The van der Waals surface area contributed by atoms with E-state index in [-0.39, 0.29) is 18.6 Å². The van der Waals surface area contributed by atoms with Crippen molar-refractivity contribution in [3.05, 3.63) is 53.6 Å². The van der Waals surface area contributed by atoms with Crippen LogP contribution in [0.1, 0.15) is 22.8 Å². The number of ketones is 1. The molecular formula is C18H18N2O4. The van der Waals surface area contributed by atoms with Crippen LogP contribution in [0, 0.1) is 0 Å². The Morgan fingerprint density at radius 2 is 1.79 bits per heavy atom. The summed E-state index contributed by atoms with van der Waals surface area (Å²) in [5, 5.41) is 2.80. The van der Waals surface area contributed by atoms with Gasteiger partial charge < -0.3 is 19.7 Å². The van der Waals surface area contributed by atoms with Crippen molar-refractivity contribution in [1.29, 1.82) is 0 Å². The highest BCUT2D eigenvalue weighted by atomic mass is 16.7. The van der Waals surface area contributed by atoms with Crippen molar-refractivity contribution in [2.75, 3.05) is 19.2 Å². The molecule has 0 saturated heterocycles. The second-order valence-corrected chi connectivity index (χ2v) is 5.61. The molecule has 2 aromatic carbocycles. The van der Waals surface area contributed by atoms with E-state index in [0.29, 0.717) is 23.5 Å². The molecule has 0 aromatic heterocycles. The van der Waals surface area contributed by atoms with Crippen LogP contribution in [0.3, 0.4) is 0 Å². The first kappa shape index (κ1) is 15.9. The fourth-order valence-electron chi connectivity index (χ4n) is 2.39. The number of benzene rings is 2. The van der Waals surface area contributed by atoms with Crippen molar-refractivity contribution in [2.45, 2.75) is 13.5 Å². The average Bonchev–Trinajstić information content (AvgIpc) is 3.03. The molecule has 2 amide bonds. The Hall–Kier alpha value is -3.02. The molecule has 0 aliphatic carbocycles. The number of nitrogens with zero attached hydrogens (tertiary/aromatic N) is 1. The lowest BCUT2D eigenvalue weighted by Gasteiger charge is -2.18. The number of fused-ring (bicyclic) bond motifs is 1. The molecule has 2 aromatic rings. The molecule has 0 atom stereocenters. The molecule has 0 spiro atoms. The van der Waals surface area contributed by atoms with Gasteiger partial charge in [-0.15, -0.1) is 0 Å². The number of carbonyl (C=O) groups is 2. The Balaban J connectivity index is 1.61. The van der Waals surface area contributed by atoms with Crippen LogP contribution in [-0.2, 0) is 6.54 Å². The lowest BCUT2D eigenvalue weighted by atomic mass is 10.1. The molecule has 1 aliphatic rings. The first-order valence-corrected chi connectivity index (χ1v) is 7.54. The molecule has 1 aliphatic heterocycles. The van der Waals surface area contributed by atoms with E-state index in [1.54, 1.807) is 36.2 Å². The lowest BCUT2D eigenvalue weighted by molar-refractivity contribution is 0.101. The molecule has 0 bridgehead atoms. The largest absolute Gasteiger partial charge is 0.454 e. The van der Waals surface area contributed by atoms with Crippen molar-refractivity contribution in [3.8, 4) is 11.5 Å². The van der Waals surface area contributed by atoms with Gasteiger partial charge in [-0.3, -0.25) is 4.79 Å². The van der Waals surface area contributed by atoms with Gasteiger partial charge in [0.2, 0.25) is 6.79 Å². The number of Topliss-reactive ketones (excluding diaryl/α,β-unsaturated/α-hetero) is 1. The molecule has 6 nitrogen and oxygen atoms in total. The Bertz CT molecular complexity index is 771. The fraction of sp³-hybridized carbons (Fsp3) is 0.222. The quantitative estimate of drug-likeness (QED) is 0.876. The molecule has 1 heterocycles. The Labute approximate surface area is 140 Å². The van der Waals surface area contributed by atoms with Crippen LogP contribution in [0.4, 0.5) is 10.5 Å². The molecule has 0 saturated carbocycles. The van der Waals surface area contributed by atoms with E-state index in [1.807, 2.05) is 18.2 Å². The standard InChI is InChI=1S/C18H18N2O4/c1-12(21)14-4-6-15(7-5-14)19-18(22)20(2)10-13-3-8-16-17(9-13)24-11-23-16/h3-9H,10-11H2,1-2H3,(H,19,22). The minimum Gasteiger partial charge on any atom is -0.454 e. The summed E-state index contributed by atoms with van der Waals surface area (Å²) in [6.45, 7) is 2.17. The molecule has 3 rings (SSSR count). The highest BCUT2D eigenvalue weighted by Crippen LogP contribution is 2.32. The average molecular weight is 326 g/mol. The number of ether oxygens (including phenoxy) is 2. The minimum absolute atomic E-state index is 0.00666. The van der Waals surface area contributed by atoms with Crippen molar-refractivity contribution in [1.82, 2.24) is 4.90 Å². The van der Waals surface area contributed by atoms with Crippen LogP contribution in [0.5, 0.6) is 11.5 Å². The summed E-state index contributed by atoms with van der Waals surface area (Å²) in [6.07, 6.45) is 0. The van der Waals surface area contributed by atoms with E-state index in [4.69, 9.17) is 9.47 Å². The first-order chi connectivity index (χ1) is 11.5. The summed E-state index contributed by atoms with van der Waals surface area (Å²) in [6, 6.07) is 12.2. The summed E-state index contributed by atoms with van der Waals surface area (Å²) in [7, 11) is 1.71. The predicted octanol–water partition coefficient (Wildman–Crippen LogP) is 3.28. The zero-order valence-corrected chi connectivity index (χ0v) is 13.5. The SMILES string of the molecule is CC(=O)c1ccc(NC(=O)N(C)Cc2ccc3c(c2)OCO3)cc1. The molecular weight excluding hydrogens is 308 g/mol. The molecule has 0 fully saturated rings. The third kappa shape index (κ3) is 3.48. The first-order valence-electron chi connectivity index (χ1n) is 7.54. The lowest BCUT2D eigenvalue weighted by Crippen LogP contribution is -2.30. The second-order valence-electron chi connectivity index (χ2n) is 5.61. The number of amides is 2. The van der Waals surface area contributed by atoms with Gasteiger partial charge in [0.1, 0.15) is 0 Å². The van der Waals surface area contributed by atoms with Gasteiger partial charge in [0.15, 0.2) is 17.3 Å². The number of hydrogen-bond acceptors (Lipinski definition) is 4. The van der Waals surface area contributed by atoms with Crippen molar-refractivity contribution in [2.24, 2.45) is 0 Å². The summed E-state index contributed by atoms with van der Waals surface area (Å²) >= 11 is 0. The maximum atomic E-state index is 12.3. The summed E-state index contributed by atoms with van der Waals surface area (Å²) in [4.78, 5) is 25.1. The van der Waals surface area contributed by atoms with E-state index in [1.165, 1.54) is 6.92 Å². The van der Waals surface area contributed by atoms with Crippen LogP contribution in [0.2, 0.25) is 0 Å². The Morgan fingerprint density at radius 3 is 2.50 bits per heavy atom. The van der Waals surface area contributed by atoms with Gasteiger partial charge in [-0.2, -0.15) is 0 Å². The third-order valence-electron chi connectivity index (χ3n) is 3.75. The van der Waals surface area contributed by atoms with E-state index in [0.717, 1.165) is 11.3 Å². The molecule has 6 heteroatoms. The summed E-state index contributed by atoms with van der Waals surface area (Å²) in [5.41, 5.74) is 2.20. The molecule has 0 unspecified atom stereocenters. The molecule has 1 N–H and O–H groups in total. The van der Waals surface area contributed by atoms with Gasteiger partial charge >= 0.3 is 6.03 Å². The molecule has 24 heavy (non-hydrogen) atoms. The smallest absolute Gasteiger partial charge is 0.321 e. The number of hydrogen-bond donors (Lipinski definition) is 1. The molecule has 0 radical (unpaired) electrons.